The maximum Gasteiger partial charge on any atom is 0.248 e. The molecule has 4 N–H and O–H groups in total. The van der Waals surface area contributed by atoms with Crippen molar-refractivity contribution in [1.29, 1.82) is 0 Å². The number of methoxy groups -OCH3 is 1. The molecule has 0 heterocycles. The minimum atomic E-state index is -0.432. The number of rotatable bonds is 10. The van der Waals surface area contributed by atoms with E-state index in [9.17, 15) is 19.2 Å². The molecule has 3 aromatic carbocycles. The summed E-state index contributed by atoms with van der Waals surface area (Å²) in [6.07, 6.45) is 2.67. The van der Waals surface area contributed by atoms with E-state index in [0.29, 0.717) is 44.7 Å². The molecular formula is C30H29ClN4O5. The Balaban J connectivity index is 1.77. The van der Waals surface area contributed by atoms with E-state index >= 15 is 0 Å². The first kappa shape index (κ1) is 29.7. The normalized spacial score (nSPS) is 11.3. The van der Waals surface area contributed by atoms with Crippen LogP contribution in [0.1, 0.15) is 25.8 Å². The van der Waals surface area contributed by atoms with Crippen molar-refractivity contribution in [3.05, 3.63) is 96.1 Å². The maximum atomic E-state index is 12.9. The van der Waals surface area contributed by atoms with Crippen LogP contribution in [0.25, 0.3) is 5.03 Å². The predicted octanol–water partition coefficient (Wildman–Crippen LogP) is 5.79. The highest BCUT2D eigenvalue weighted by Gasteiger charge is 2.12. The summed E-state index contributed by atoms with van der Waals surface area (Å²) in [5, 5.41) is 11.1. The molecule has 40 heavy (non-hydrogen) atoms. The second-order valence-electron chi connectivity index (χ2n) is 8.63. The van der Waals surface area contributed by atoms with Crippen LogP contribution in [0.3, 0.4) is 0 Å². The summed E-state index contributed by atoms with van der Waals surface area (Å²) in [5.41, 5.74) is 3.32. The van der Waals surface area contributed by atoms with Gasteiger partial charge in [0.15, 0.2) is 0 Å². The van der Waals surface area contributed by atoms with Crippen LogP contribution in [-0.4, -0.2) is 30.7 Å². The fourth-order valence-electron chi connectivity index (χ4n) is 3.55. The van der Waals surface area contributed by atoms with Crippen molar-refractivity contribution in [3.63, 3.8) is 0 Å². The molecule has 0 saturated heterocycles. The SMILES string of the molecule is COc1ccc(/C(Cl)=C(\C=C\C(=O)Nc2ccc(NC(C)=O)cc2)CC(=O)Nc2ccc(NC(C)=O)cc2)cc1. The van der Waals surface area contributed by atoms with Crippen molar-refractivity contribution in [2.75, 3.05) is 28.4 Å². The van der Waals surface area contributed by atoms with Gasteiger partial charge in [-0.3, -0.25) is 19.2 Å². The number of amides is 4. The third kappa shape index (κ3) is 9.45. The molecule has 206 valence electrons. The number of hydrogen-bond donors (Lipinski definition) is 4. The Morgan fingerprint density at radius 1 is 0.675 bits per heavy atom. The predicted molar refractivity (Wildman–Crippen MR) is 158 cm³/mol. The van der Waals surface area contributed by atoms with E-state index in [1.807, 2.05) is 0 Å². The summed E-state index contributed by atoms with van der Waals surface area (Å²) < 4.78 is 5.20. The van der Waals surface area contributed by atoms with Gasteiger partial charge in [0.2, 0.25) is 23.6 Å². The zero-order valence-corrected chi connectivity index (χ0v) is 23.0. The van der Waals surface area contributed by atoms with Crippen LogP contribution < -0.4 is 26.0 Å². The Morgan fingerprint density at radius 3 is 1.57 bits per heavy atom. The summed E-state index contributed by atoms with van der Waals surface area (Å²) in [6.45, 7) is 2.82. The number of anilines is 4. The van der Waals surface area contributed by atoms with Crippen LogP contribution >= 0.6 is 11.6 Å². The Kier molecular flexibility index (Phi) is 10.6. The molecule has 0 aliphatic rings. The average molecular weight is 561 g/mol. The zero-order valence-electron chi connectivity index (χ0n) is 22.2. The molecule has 0 saturated carbocycles. The Bertz CT molecular complexity index is 1430. The van der Waals surface area contributed by atoms with Gasteiger partial charge in [-0.2, -0.15) is 0 Å². The Hall–Kier alpha value is -4.89. The highest BCUT2D eigenvalue weighted by Crippen LogP contribution is 2.28. The van der Waals surface area contributed by atoms with E-state index in [-0.39, 0.29) is 24.1 Å². The van der Waals surface area contributed by atoms with Gasteiger partial charge in [-0.25, -0.2) is 0 Å². The molecule has 0 aliphatic heterocycles. The lowest BCUT2D eigenvalue weighted by Gasteiger charge is -2.10. The number of benzene rings is 3. The molecule has 3 rings (SSSR count). The van der Waals surface area contributed by atoms with Crippen molar-refractivity contribution < 1.29 is 23.9 Å². The van der Waals surface area contributed by atoms with Crippen LogP contribution in [0.2, 0.25) is 0 Å². The van der Waals surface area contributed by atoms with E-state index in [4.69, 9.17) is 16.3 Å². The zero-order chi connectivity index (χ0) is 29.1. The molecule has 4 amide bonds. The second kappa shape index (κ2) is 14.3. The van der Waals surface area contributed by atoms with Crippen molar-refractivity contribution in [1.82, 2.24) is 0 Å². The van der Waals surface area contributed by atoms with Gasteiger partial charge in [-0.1, -0.05) is 17.7 Å². The second-order valence-corrected chi connectivity index (χ2v) is 9.01. The quantitative estimate of drug-likeness (QED) is 0.185. The van der Waals surface area contributed by atoms with Crippen LogP contribution in [0.5, 0.6) is 5.75 Å². The molecule has 0 aromatic heterocycles. The van der Waals surface area contributed by atoms with Gasteiger partial charge >= 0.3 is 0 Å². The monoisotopic (exact) mass is 560 g/mol. The molecule has 3 aromatic rings. The van der Waals surface area contributed by atoms with Gasteiger partial charge in [-0.05, 0) is 83.9 Å². The lowest BCUT2D eigenvalue weighted by molar-refractivity contribution is -0.116. The third-order valence-electron chi connectivity index (χ3n) is 5.37. The lowest BCUT2D eigenvalue weighted by atomic mass is 10.1. The van der Waals surface area contributed by atoms with Crippen molar-refractivity contribution in [3.8, 4) is 5.75 Å². The molecule has 0 aliphatic carbocycles. The molecule has 10 heteroatoms. The first-order chi connectivity index (χ1) is 19.1. The fraction of sp³-hybridized carbons (Fsp3) is 0.133. The molecule has 9 nitrogen and oxygen atoms in total. The fourth-order valence-corrected chi connectivity index (χ4v) is 3.81. The number of allylic oxidation sites excluding steroid dienone is 1. The summed E-state index contributed by atoms with van der Waals surface area (Å²) >= 11 is 6.69. The largest absolute Gasteiger partial charge is 0.497 e. The summed E-state index contributed by atoms with van der Waals surface area (Å²) in [5.74, 6) is -0.531. The standard InChI is InChI=1S/C30H29ClN4O5/c1-19(36)32-23-7-11-25(12-8-23)34-28(38)17-6-22(30(31)21-4-15-27(40-3)16-5-21)18-29(39)35-26-13-9-24(10-14-26)33-20(2)37/h4-17H,18H2,1-3H3,(H,32,36)(H,33,37)(H,34,38)(H,35,39)/b17-6+,30-22-. The van der Waals surface area contributed by atoms with Gasteiger partial charge in [0.1, 0.15) is 5.75 Å². The van der Waals surface area contributed by atoms with Gasteiger partial charge in [0.05, 0.1) is 18.6 Å². The van der Waals surface area contributed by atoms with Crippen LogP contribution in [0, 0.1) is 0 Å². The van der Waals surface area contributed by atoms with Crippen LogP contribution in [0.4, 0.5) is 22.7 Å². The van der Waals surface area contributed by atoms with Gasteiger partial charge in [0.25, 0.3) is 0 Å². The maximum absolute atomic E-state index is 12.9. The first-order valence-electron chi connectivity index (χ1n) is 12.2. The van der Waals surface area contributed by atoms with E-state index in [1.54, 1.807) is 79.9 Å². The number of carbonyl (C=O) groups is 4. The molecule has 0 spiro atoms. The van der Waals surface area contributed by atoms with Gasteiger partial charge in [-0.15, -0.1) is 0 Å². The van der Waals surface area contributed by atoms with Gasteiger partial charge in [0, 0.05) is 42.7 Å². The number of nitrogens with one attached hydrogen (secondary N) is 4. The minimum absolute atomic E-state index is 0.118. The van der Waals surface area contributed by atoms with Crippen LogP contribution in [0.15, 0.2) is 90.5 Å². The average Bonchev–Trinajstić information content (AvgIpc) is 2.92. The highest BCUT2D eigenvalue weighted by atomic mass is 35.5. The summed E-state index contributed by atoms with van der Waals surface area (Å²) in [4.78, 5) is 47.9. The van der Waals surface area contributed by atoms with Crippen LogP contribution in [-0.2, 0) is 19.2 Å². The number of halogens is 1. The van der Waals surface area contributed by atoms with Crippen molar-refractivity contribution >= 4 is 63.0 Å². The smallest absolute Gasteiger partial charge is 0.248 e. The molecule has 0 bridgehead atoms. The minimum Gasteiger partial charge on any atom is -0.497 e. The number of carbonyl (C=O) groups excluding carboxylic acids is 4. The van der Waals surface area contributed by atoms with Crippen molar-refractivity contribution in [2.45, 2.75) is 20.3 Å². The highest BCUT2D eigenvalue weighted by molar-refractivity contribution is 6.49. The van der Waals surface area contributed by atoms with Gasteiger partial charge < -0.3 is 26.0 Å². The molecule has 0 fully saturated rings. The Labute approximate surface area is 237 Å². The van der Waals surface area contributed by atoms with E-state index in [1.165, 1.54) is 26.0 Å². The molecule has 0 radical (unpaired) electrons. The van der Waals surface area contributed by atoms with Crippen molar-refractivity contribution in [2.24, 2.45) is 0 Å². The lowest BCUT2D eigenvalue weighted by Crippen LogP contribution is -2.13. The summed E-state index contributed by atoms with van der Waals surface area (Å²) in [6, 6.07) is 20.3. The number of ether oxygens (including phenoxy) is 1. The Morgan fingerprint density at radius 2 is 1.12 bits per heavy atom. The first-order valence-corrected chi connectivity index (χ1v) is 12.6. The molecule has 0 atom stereocenters. The summed E-state index contributed by atoms with van der Waals surface area (Å²) in [7, 11) is 1.56. The van der Waals surface area contributed by atoms with E-state index in [0.717, 1.165) is 0 Å². The molecular weight excluding hydrogens is 532 g/mol. The third-order valence-corrected chi connectivity index (χ3v) is 5.84. The molecule has 0 unspecified atom stereocenters. The topological polar surface area (TPSA) is 126 Å². The number of hydrogen-bond acceptors (Lipinski definition) is 5. The van der Waals surface area contributed by atoms with E-state index < -0.39 is 5.91 Å². The van der Waals surface area contributed by atoms with E-state index in [2.05, 4.69) is 21.3 Å².